The molecule has 1 N–H and O–H groups in total. The van der Waals surface area contributed by atoms with Gasteiger partial charge < -0.3 is 14.8 Å². The van der Waals surface area contributed by atoms with E-state index in [-0.39, 0.29) is 0 Å². The van der Waals surface area contributed by atoms with Gasteiger partial charge in [-0.3, -0.25) is 0 Å². The molecule has 0 spiro atoms. The average Bonchev–Trinajstić information content (AvgIpc) is 2.57. The van der Waals surface area contributed by atoms with Crippen molar-refractivity contribution in [1.82, 2.24) is 5.32 Å². The Kier molecular flexibility index (Phi) is 6.70. The fourth-order valence-corrected chi connectivity index (χ4v) is 2.41. The maximum Gasteiger partial charge on any atom is 0.416 e. The largest absolute Gasteiger partial charge is 0.490 e. The number of ether oxygens (including phenoxy) is 2. The molecule has 136 valence electrons. The van der Waals surface area contributed by atoms with Crippen molar-refractivity contribution in [2.75, 3.05) is 13.2 Å². The lowest BCUT2D eigenvalue weighted by molar-refractivity contribution is -0.137. The van der Waals surface area contributed by atoms with Gasteiger partial charge in [0.25, 0.3) is 0 Å². The Bertz CT molecular complexity index is 687. The Balaban J connectivity index is 1.98. The summed E-state index contributed by atoms with van der Waals surface area (Å²) in [6, 6.07) is 11.0. The van der Waals surface area contributed by atoms with Crippen molar-refractivity contribution in [3.63, 3.8) is 0 Å². The number of halogens is 3. The van der Waals surface area contributed by atoms with E-state index in [1.165, 1.54) is 6.07 Å². The summed E-state index contributed by atoms with van der Waals surface area (Å²) < 4.78 is 49.3. The molecular weight excluding hydrogens is 331 g/mol. The number of benzene rings is 2. The molecule has 0 amide bonds. The van der Waals surface area contributed by atoms with Crippen LogP contribution in [-0.2, 0) is 19.3 Å². The van der Waals surface area contributed by atoms with Crippen molar-refractivity contribution < 1.29 is 22.6 Å². The minimum absolute atomic E-state index is 0.348. The molecule has 0 saturated carbocycles. The van der Waals surface area contributed by atoms with Crippen LogP contribution in [0.4, 0.5) is 13.2 Å². The molecule has 3 nitrogen and oxygen atoms in total. The van der Waals surface area contributed by atoms with Gasteiger partial charge in [-0.1, -0.05) is 24.3 Å². The van der Waals surface area contributed by atoms with Crippen LogP contribution < -0.4 is 14.8 Å². The smallest absolute Gasteiger partial charge is 0.416 e. The first kappa shape index (κ1) is 19.1. The minimum Gasteiger partial charge on any atom is -0.490 e. The van der Waals surface area contributed by atoms with E-state index in [4.69, 9.17) is 9.47 Å². The summed E-state index contributed by atoms with van der Waals surface area (Å²) in [5.41, 5.74) is 0.927. The van der Waals surface area contributed by atoms with E-state index in [1.54, 1.807) is 6.07 Å². The third-order valence-corrected chi connectivity index (χ3v) is 3.52. The first-order valence-corrected chi connectivity index (χ1v) is 8.19. The molecule has 25 heavy (non-hydrogen) atoms. The van der Waals surface area contributed by atoms with Crippen LogP contribution in [0, 0.1) is 0 Å². The Morgan fingerprint density at radius 1 is 0.840 bits per heavy atom. The second kappa shape index (κ2) is 8.76. The van der Waals surface area contributed by atoms with E-state index in [2.05, 4.69) is 5.32 Å². The topological polar surface area (TPSA) is 30.5 Å². The molecule has 0 fully saturated rings. The minimum atomic E-state index is -4.32. The van der Waals surface area contributed by atoms with Gasteiger partial charge in [-0.05, 0) is 43.2 Å². The van der Waals surface area contributed by atoms with Crippen LogP contribution in [0.3, 0.4) is 0 Å². The van der Waals surface area contributed by atoms with E-state index >= 15 is 0 Å². The van der Waals surface area contributed by atoms with Crippen LogP contribution in [0.2, 0.25) is 0 Å². The molecule has 2 rings (SSSR count). The summed E-state index contributed by atoms with van der Waals surface area (Å²) in [6.45, 7) is 5.74. The van der Waals surface area contributed by atoms with E-state index in [0.717, 1.165) is 17.7 Å². The van der Waals surface area contributed by atoms with Gasteiger partial charge in [-0.15, -0.1) is 0 Å². The van der Waals surface area contributed by atoms with Crippen LogP contribution >= 0.6 is 0 Å². The van der Waals surface area contributed by atoms with Gasteiger partial charge in [0.05, 0.1) is 18.8 Å². The third kappa shape index (κ3) is 5.67. The van der Waals surface area contributed by atoms with Crippen molar-refractivity contribution in [1.29, 1.82) is 0 Å². The molecule has 0 bridgehead atoms. The normalized spacial score (nSPS) is 11.4. The molecule has 0 saturated heterocycles. The summed E-state index contributed by atoms with van der Waals surface area (Å²) >= 11 is 0. The van der Waals surface area contributed by atoms with Gasteiger partial charge in [0.2, 0.25) is 0 Å². The van der Waals surface area contributed by atoms with Gasteiger partial charge in [0.1, 0.15) is 0 Å². The first-order valence-electron chi connectivity index (χ1n) is 8.19. The highest BCUT2D eigenvalue weighted by Gasteiger charge is 2.30. The van der Waals surface area contributed by atoms with Gasteiger partial charge in [0.15, 0.2) is 11.5 Å². The average molecular weight is 353 g/mol. The zero-order valence-corrected chi connectivity index (χ0v) is 14.3. The summed E-state index contributed by atoms with van der Waals surface area (Å²) in [7, 11) is 0. The van der Waals surface area contributed by atoms with Crippen LogP contribution in [0.5, 0.6) is 11.5 Å². The summed E-state index contributed by atoms with van der Waals surface area (Å²) in [6.07, 6.45) is -4.32. The predicted molar refractivity (Wildman–Crippen MR) is 90.8 cm³/mol. The monoisotopic (exact) mass is 353 g/mol. The molecule has 2 aromatic rings. The highest BCUT2D eigenvalue weighted by Crippen LogP contribution is 2.30. The first-order chi connectivity index (χ1) is 11.9. The van der Waals surface area contributed by atoms with Crippen molar-refractivity contribution >= 4 is 0 Å². The predicted octanol–water partition coefficient (Wildman–Crippen LogP) is 4.79. The SMILES string of the molecule is CCOc1ccc(CNCc2cccc(C(F)(F)F)c2)cc1OCC. The Morgan fingerprint density at radius 2 is 1.48 bits per heavy atom. The Labute approximate surface area is 145 Å². The van der Waals surface area contributed by atoms with E-state index in [1.807, 2.05) is 32.0 Å². The van der Waals surface area contributed by atoms with Gasteiger partial charge >= 0.3 is 6.18 Å². The second-order valence-corrected chi connectivity index (χ2v) is 5.45. The molecule has 0 aliphatic carbocycles. The molecule has 0 aliphatic rings. The van der Waals surface area contributed by atoms with E-state index < -0.39 is 11.7 Å². The van der Waals surface area contributed by atoms with Crippen molar-refractivity contribution in [2.45, 2.75) is 33.1 Å². The summed E-state index contributed by atoms with van der Waals surface area (Å²) in [4.78, 5) is 0. The lowest BCUT2D eigenvalue weighted by Crippen LogP contribution is -2.14. The third-order valence-electron chi connectivity index (χ3n) is 3.52. The molecule has 0 unspecified atom stereocenters. The van der Waals surface area contributed by atoms with Crippen LogP contribution in [0.1, 0.15) is 30.5 Å². The number of hydrogen-bond acceptors (Lipinski definition) is 3. The highest BCUT2D eigenvalue weighted by molar-refractivity contribution is 5.43. The van der Waals surface area contributed by atoms with Gasteiger partial charge in [0, 0.05) is 13.1 Å². The Hall–Kier alpha value is -2.21. The van der Waals surface area contributed by atoms with Crippen molar-refractivity contribution in [3.05, 3.63) is 59.2 Å². The van der Waals surface area contributed by atoms with Gasteiger partial charge in [-0.25, -0.2) is 0 Å². The summed E-state index contributed by atoms with van der Waals surface area (Å²) in [5.74, 6) is 1.36. The standard InChI is InChI=1S/C19H22F3NO2/c1-3-24-17-9-8-15(11-18(17)25-4-2)13-23-12-14-6-5-7-16(10-14)19(20,21)22/h5-11,23H,3-4,12-13H2,1-2H3. The van der Waals surface area contributed by atoms with Gasteiger partial charge in [-0.2, -0.15) is 13.2 Å². The molecule has 0 atom stereocenters. The lowest BCUT2D eigenvalue weighted by Gasteiger charge is -2.13. The fourth-order valence-electron chi connectivity index (χ4n) is 2.41. The number of nitrogens with one attached hydrogen (secondary N) is 1. The van der Waals surface area contributed by atoms with E-state index in [9.17, 15) is 13.2 Å². The van der Waals surface area contributed by atoms with Crippen LogP contribution in [0.15, 0.2) is 42.5 Å². The van der Waals surface area contributed by atoms with Crippen molar-refractivity contribution in [2.24, 2.45) is 0 Å². The molecular formula is C19H22F3NO2. The quantitative estimate of drug-likeness (QED) is 0.740. The zero-order chi connectivity index (χ0) is 18.3. The second-order valence-electron chi connectivity index (χ2n) is 5.45. The van der Waals surface area contributed by atoms with Crippen LogP contribution in [0.25, 0.3) is 0 Å². The van der Waals surface area contributed by atoms with E-state index in [0.29, 0.717) is 43.4 Å². The molecule has 6 heteroatoms. The maximum atomic E-state index is 12.7. The molecule has 0 aromatic heterocycles. The number of alkyl halides is 3. The zero-order valence-electron chi connectivity index (χ0n) is 14.3. The molecule has 2 aromatic carbocycles. The molecule has 0 heterocycles. The lowest BCUT2D eigenvalue weighted by atomic mass is 10.1. The summed E-state index contributed by atoms with van der Waals surface area (Å²) in [5, 5.41) is 3.15. The number of rotatable bonds is 8. The molecule has 0 aliphatic heterocycles. The van der Waals surface area contributed by atoms with Crippen molar-refractivity contribution in [3.8, 4) is 11.5 Å². The van der Waals surface area contributed by atoms with Crippen LogP contribution in [-0.4, -0.2) is 13.2 Å². The Morgan fingerprint density at radius 3 is 2.12 bits per heavy atom. The number of hydrogen-bond donors (Lipinski definition) is 1. The maximum absolute atomic E-state index is 12.7. The fraction of sp³-hybridized carbons (Fsp3) is 0.368. The molecule has 0 radical (unpaired) electrons. The highest BCUT2D eigenvalue weighted by atomic mass is 19.4.